The predicted molar refractivity (Wildman–Crippen MR) is 59.3 cm³/mol. The SMILES string of the molecule is Cc1cc(Br)n2cc(C(=O)NN)nc2c1. The zero-order valence-electron chi connectivity index (χ0n) is 7.99. The van der Waals surface area contributed by atoms with Gasteiger partial charge in [0.2, 0.25) is 0 Å². The van der Waals surface area contributed by atoms with Crippen molar-refractivity contribution in [1.29, 1.82) is 0 Å². The molecule has 2 aromatic rings. The Balaban J connectivity index is 2.65. The van der Waals surface area contributed by atoms with Crippen LogP contribution >= 0.6 is 15.9 Å². The number of amides is 1. The van der Waals surface area contributed by atoms with E-state index in [1.807, 2.05) is 24.5 Å². The number of rotatable bonds is 1. The topological polar surface area (TPSA) is 72.4 Å². The van der Waals surface area contributed by atoms with Crippen LogP contribution in [-0.4, -0.2) is 15.3 Å². The Hall–Kier alpha value is -1.40. The molecule has 2 aromatic heterocycles. The Morgan fingerprint density at radius 1 is 1.60 bits per heavy atom. The molecule has 15 heavy (non-hydrogen) atoms. The maximum Gasteiger partial charge on any atom is 0.285 e. The fraction of sp³-hybridized carbons (Fsp3) is 0.111. The predicted octanol–water partition coefficient (Wildman–Crippen LogP) is 1.01. The number of aryl methyl sites for hydroxylation is 1. The van der Waals surface area contributed by atoms with E-state index in [0.717, 1.165) is 10.2 Å². The van der Waals surface area contributed by atoms with E-state index in [4.69, 9.17) is 5.84 Å². The van der Waals surface area contributed by atoms with E-state index < -0.39 is 5.91 Å². The summed E-state index contributed by atoms with van der Waals surface area (Å²) in [5.74, 6) is 4.63. The number of hydrogen-bond donors (Lipinski definition) is 2. The van der Waals surface area contributed by atoms with Gasteiger partial charge in [-0.25, -0.2) is 10.8 Å². The number of halogens is 1. The lowest BCUT2D eigenvalue weighted by Crippen LogP contribution is -2.30. The van der Waals surface area contributed by atoms with Crippen LogP contribution in [0.15, 0.2) is 22.9 Å². The normalized spacial score (nSPS) is 10.6. The summed E-state index contributed by atoms with van der Waals surface area (Å²) in [7, 11) is 0. The van der Waals surface area contributed by atoms with Crippen LogP contribution < -0.4 is 11.3 Å². The van der Waals surface area contributed by atoms with Crippen molar-refractivity contribution >= 4 is 27.5 Å². The van der Waals surface area contributed by atoms with Gasteiger partial charge in [-0.05, 0) is 40.5 Å². The highest BCUT2D eigenvalue weighted by Gasteiger charge is 2.10. The van der Waals surface area contributed by atoms with Crippen molar-refractivity contribution < 1.29 is 4.79 Å². The van der Waals surface area contributed by atoms with Gasteiger partial charge < -0.3 is 0 Å². The van der Waals surface area contributed by atoms with E-state index in [1.54, 1.807) is 10.6 Å². The highest BCUT2D eigenvalue weighted by atomic mass is 79.9. The van der Waals surface area contributed by atoms with Gasteiger partial charge in [0, 0.05) is 6.20 Å². The Bertz CT molecular complexity index is 534. The molecular weight excluding hydrogens is 260 g/mol. The highest BCUT2D eigenvalue weighted by Crippen LogP contribution is 2.16. The van der Waals surface area contributed by atoms with Gasteiger partial charge >= 0.3 is 0 Å². The standard InChI is InChI=1S/C9H9BrN4O/c1-5-2-7(10)14-4-6(9(15)13-11)12-8(14)3-5/h2-4H,11H2,1H3,(H,13,15). The third-order valence-electron chi connectivity index (χ3n) is 2.03. The fourth-order valence-electron chi connectivity index (χ4n) is 1.35. The first-order valence-corrected chi connectivity index (χ1v) is 5.07. The van der Waals surface area contributed by atoms with Gasteiger partial charge in [0.25, 0.3) is 5.91 Å². The second-order valence-electron chi connectivity index (χ2n) is 3.18. The molecule has 0 atom stereocenters. The number of hydrogen-bond acceptors (Lipinski definition) is 3. The smallest absolute Gasteiger partial charge is 0.285 e. The highest BCUT2D eigenvalue weighted by molar-refractivity contribution is 9.10. The van der Waals surface area contributed by atoms with Gasteiger partial charge in [0.15, 0.2) is 0 Å². The third-order valence-corrected chi connectivity index (χ3v) is 2.64. The molecule has 0 unspecified atom stereocenters. The summed E-state index contributed by atoms with van der Waals surface area (Å²) < 4.78 is 2.62. The lowest BCUT2D eigenvalue weighted by Gasteiger charge is -1.98. The maximum atomic E-state index is 11.3. The Kier molecular flexibility index (Phi) is 2.45. The third kappa shape index (κ3) is 1.73. The number of carbonyl (C=O) groups excluding carboxylic acids is 1. The number of nitrogen functional groups attached to an aromatic ring is 1. The molecule has 0 aliphatic heterocycles. The van der Waals surface area contributed by atoms with Crippen molar-refractivity contribution in [3.05, 3.63) is 34.2 Å². The molecule has 0 radical (unpaired) electrons. The minimum absolute atomic E-state index is 0.295. The van der Waals surface area contributed by atoms with Crippen molar-refractivity contribution in [2.75, 3.05) is 0 Å². The molecule has 78 valence electrons. The molecule has 2 heterocycles. The van der Waals surface area contributed by atoms with Crippen molar-refractivity contribution in [3.63, 3.8) is 0 Å². The first-order chi connectivity index (χ1) is 7.11. The second kappa shape index (κ2) is 3.63. The molecular formula is C9H9BrN4O. The van der Waals surface area contributed by atoms with Crippen LogP contribution in [0.25, 0.3) is 5.65 Å². The van der Waals surface area contributed by atoms with E-state index in [-0.39, 0.29) is 0 Å². The molecule has 0 aliphatic rings. The number of carbonyl (C=O) groups is 1. The fourth-order valence-corrected chi connectivity index (χ4v) is 2.00. The van der Waals surface area contributed by atoms with Gasteiger partial charge in [-0.3, -0.25) is 14.6 Å². The Morgan fingerprint density at radius 2 is 2.33 bits per heavy atom. The number of nitrogens with one attached hydrogen (secondary N) is 1. The number of aromatic nitrogens is 2. The van der Waals surface area contributed by atoms with Crippen LogP contribution in [0.5, 0.6) is 0 Å². The van der Waals surface area contributed by atoms with E-state index in [1.165, 1.54) is 0 Å². The zero-order chi connectivity index (χ0) is 11.0. The Morgan fingerprint density at radius 3 is 3.00 bits per heavy atom. The average Bonchev–Trinajstić information content (AvgIpc) is 2.60. The van der Waals surface area contributed by atoms with Crippen LogP contribution in [0.4, 0.5) is 0 Å². The van der Waals surface area contributed by atoms with E-state index in [9.17, 15) is 4.79 Å². The number of nitrogens with two attached hydrogens (primary N) is 1. The quantitative estimate of drug-likeness (QED) is 0.351. The van der Waals surface area contributed by atoms with Crippen LogP contribution in [0.1, 0.15) is 16.1 Å². The lowest BCUT2D eigenvalue weighted by atomic mass is 10.3. The number of nitrogens with zero attached hydrogens (tertiary/aromatic N) is 2. The van der Waals surface area contributed by atoms with E-state index in [0.29, 0.717) is 11.3 Å². The van der Waals surface area contributed by atoms with Crippen LogP contribution in [0.3, 0.4) is 0 Å². The van der Waals surface area contributed by atoms with Gasteiger partial charge in [-0.1, -0.05) is 0 Å². The van der Waals surface area contributed by atoms with E-state index in [2.05, 4.69) is 20.9 Å². The molecule has 1 amide bonds. The largest absolute Gasteiger partial charge is 0.293 e. The number of imidazole rings is 1. The monoisotopic (exact) mass is 268 g/mol. The maximum absolute atomic E-state index is 11.3. The lowest BCUT2D eigenvalue weighted by molar-refractivity contribution is 0.0949. The van der Waals surface area contributed by atoms with Gasteiger partial charge in [-0.2, -0.15) is 0 Å². The van der Waals surface area contributed by atoms with Crippen molar-refractivity contribution in [1.82, 2.24) is 14.8 Å². The summed E-state index contributed by atoms with van der Waals surface area (Å²) in [5.41, 5.74) is 4.12. The number of hydrazine groups is 1. The second-order valence-corrected chi connectivity index (χ2v) is 4.00. The van der Waals surface area contributed by atoms with Gasteiger partial charge in [0.05, 0.1) is 4.60 Å². The molecule has 0 spiro atoms. The average molecular weight is 269 g/mol. The molecule has 0 aliphatic carbocycles. The summed E-state index contributed by atoms with van der Waals surface area (Å²) in [5, 5.41) is 0. The Labute approximate surface area is 94.4 Å². The summed E-state index contributed by atoms with van der Waals surface area (Å²) in [6.45, 7) is 1.96. The number of pyridine rings is 1. The first kappa shape index (κ1) is 10.1. The minimum atomic E-state index is -0.400. The van der Waals surface area contributed by atoms with Crippen LogP contribution in [0.2, 0.25) is 0 Å². The van der Waals surface area contributed by atoms with Crippen LogP contribution in [0, 0.1) is 6.92 Å². The minimum Gasteiger partial charge on any atom is -0.293 e. The van der Waals surface area contributed by atoms with Crippen molar-refractivity contribution in [2.24, 2.45) is 5.84 Å². The molecule has 3 N–H and O–H groups in total. The molecule has 6 heteroatoms. The molecule has 2 rings (SSSR count). The molecule has 0 saturated carbocycles. The number of fused-ring (bicyclic) bond motifs is 1. The van der Waals surface area contributed by atoms with Crippen molar-refractivity contribution in [3.8, 4) is 0 Å². The molecule has 0 fully saturated rings. The summed E-state index contributed by atoms with van der Waals surface area (Å²) in [6.07, 6.45) is 1.63. The molecule has 0 saturated heterocycles. The van der Waals surface area contributed by atoms with Crippen molar-refractivity contribution in [2.45, 2.75) is 6.92 Å². The van der Waals surface area contributed by atoms with E-state index >= 15 is 0 Å². The summed E-state index contributed by atoms with van der Waals surface area (Å²) >= 11 is 3.39. The summed E-state index contributed by atoms with van der Waals surface area (Å²) in [4.78, 5) is 15.4. The van der Waals surface area contributed by atoms with Gasteiger partial charge in [0.1, 0.15) is 11.3 Å². The summed E-state index contributed by atoms with van der Waals surface area (Å²) in [6, 6.07) is 3.83. The first-order valence-electron chi connectivity index (χ1n) is 4.28. The van der Waals surface area contributed by atoms with Crippen LogP contribution in [-0.2, 0) is 0 Å². The molecule has 0 aromatic carbocycles. The molecule has 0 bridgehead atoms. The molecule has 5 nitrogen and oxygen atoms in total. The van der Waals surface area contributed by atoms with Gasteiger partial charge in [-0.15, -0.1) is 0 Å². The zero-order valence-corrected chi connectivity index (χ0v) is 9.58.